The molecule has 9 nitrogen and oxygen atoms in total. The summed E-state index contributed by atoms with van der Waals surface area (Å²) in [6.07, 6.45) is 5.20. The average Bonchev–Trinajstić information content (AvgIpc) is 3.21. The molecule has 2 aliphatic rings. The van der Waals surface area contributed by atoms with Crippen LogP contribution in [0.5, 0.6) is 0 Å². The molecule has 1 aromatic carbocycles. The van der Waals surface area contributed by atoms with Crippen LogP contribution in [0.15, 0.2) is 54.9 Å². The molecule has 4 rings (SSSR count). The Morgan fingerprint density at radius 2 is 1.71 bits per heavy atom. The molecule has 0 spiro atoms. The number of hydrogen-bond donors (Lipinski definition) is 0. The minimum absolute atomic E-state index is 0.0568. The number of amides is 2. The lowest BCUT2D eigenvalue weighted by atomic mass is 10.2. The molecular weight excluding hydrogens is 495 g/mol. The number of likely N-dealkylation sites (N-methyl/N-ethyl adjacent to an activating group) is 1. The van der Waals surface area contributed by atoms with Crippen molar-refractivity contribution in [2.24, 2.45) is 0 Å². The molecule has 2 aliphatic heterocycles. The lowest BCUT2D eigenvalue weighted by molar-refractivity contribution is -0.175. The summed E-state index contributed by atoms with van der Waals surface area (Å²) in [4.78, 5) is 51.4. The van der Waals surface area contributed by atoms with E-state index in [9.17, 15) is 14.4 Å². The minimum Gasteiger partial charge on any atom is -0.441 e. The normalized spacial score (nSPS) is 22.3. The van der Waals surface area contributed by atoms with Gasteiger partial charge in [-0.15, -0.1) is 5.06 Å². The second kappa shape index (κ2) is 11.1. The summed E-state index contributed by atoms with van der Waals surface area (Å²) in [5.74, 6) is -1.58. The van der Waals surface area contributed by atoms with Crippen molar-refractivity contribution in [3.8, 4) is 0 Å². The predicted molar refractivity (Wildman–Crippen MR) is 128 cm³/mol. The molecule has 3 heterocycles. The number of aromatic nitrogens is 1. The summed E-state index contributed by atoms with van der Waals surface area (Å²) in [6, 6.07) is 7.69. The fourth-order valence-corrected chi connectivity index (χ4v) is 4.52. The molecule has 184 valence electrons. The number of ether oxygens (including phenoxy) is 1. The molecule has 1 fully saturated rings. The number of hydrogen-bond acceptors (Lipinski definition) is 7. The SMILES string of the molecule is CCN1C(=O)N(Cc2ccc(Cl)c(Cl)c2)OC(=O)/C=C\C(=O)OC2C1CCN2Cc1ccncc1. The molecule has 35 heavy (non-hydrogen) atoms. The Bertz CT molecular complexity index is 1130. The molecule has 2 amide bonds. The van der Waals surface area contributed by atoms with Crippen molar-refractivity contribution in [2.45, 2.75) is 38.7 Å². The molecule has 1 aromatic heterocycles. The van der Waals surface area contributed by atoms with E-state index < -0.39 is 30.2 Å². The minimum atomic E-state index is -0.882. The quantitative estimate of drug-likeness (QED) is 0.555. The monoisotopic (exact) mass is 518 g/mol. The Morgan fingerprint density at radius 3 is 2.43 bits per heavy atom. The second-order valence-electron chi connectivity index (χ2n) is 8.11. The number of carbonyl (C=O) groups excluding carboxylic acids is 3. The van der Waals surface area contributed by atoms with Gasteiger partial charge in [-0.25, -0.2) is 14.4 Å². The summed E-state index contributed by atoms with van der Waals surface area (Å²) in [6.45, 7) is 3.18. The highest BCUT2D eigenvalue weighted by atomic mass is 35.5. The number of pyridine rings is 1. The van der Waals surface area contributed by atoms with Crippen LogP contribution in [0.25, 0.3) is 0 Å². The van der Waals surface area contributed by atoms with E-state index in [2.05, 4.69) is 4.98 Å². The van der Waals surface area contributed by atoms with E-state index in [1.807, 2.05) is 24.0 Å². The maximum Gasteiger partial charge on any atom is 0.356 e. The number of fused-ring (bicyclic) bond motifs is 1. The molecule has 2 atom stereocenters. The van der Waals surface area contributed by atoms with E-state index in [1.54, 1.807) is 35.5 Å². The van der Waals surface area contributed by atoms with Gasteiger partial charge in [-0.2, -0.15) is 0 Å². The van der Waals surface area contributed by atoms with Gasteiger partial charge in [0.15, 0.2) is 6.23 Å². The van der Waals surface area contributed by atoms with Crippen LogP contribution in [-0.4, -0.2) is 63.2 Å². The lowest BCUT2D eigenvalue weighted by Gasteiger charge is -2.36. The molecule has 11 heteroatoms. The molecule has 2 unspecified atom stereocenters. The van der Waals surface area contributed by atoms with Crippen LogP contribution in [0.4, 0.5) is 4.79 Å². The highest BCUT2D eigenvalue weighted by Gasteiger charge is 2.43. The summed E-state index contributed by atoms with van der Waals surface area (Å²) in [5, 5.41) is 1.65. The fourth-order valence-electron chi connectivity index (χ4n) is 4.20. The number of hydroxylamine groups is 2. The molecule has 0 aliphatic carbocycles. The van der Waals surface area contributed by atoms with Crippen LogP contribution in [0.3, 0.4) is 0 Å². The zero-order valence-corrected chi connectivity index (χ0v) is 20.5. The second-order valence-corrected chi connectivity index (χ2v) is 8.92. The Hall–Kier alpha value is -3.14. The van der Waals surface area contributed by atoms with Crippen LogP contribution >= 0.6 is 23.2 Å². The van der Waals surface area contributed by atoms with Gasteiger partial charge in [0.25, 0.3) is 0 Å². The van der Waals surface area contributed by atoms with Crippen molar-refractivity contribution >= 4 is 41.2 Å². The number of nitrogens with zero attached hydrogens (tertiary/aromatic N) is 4. The predicted octanol–water partition coefficient (Wildman–Crippen LogP) is 3.80. The van der Waals surface area contributed by atoms with E-state index in [1.165, 1.54) is 0 Å². The van der Waals surface area contributed by atoms with Crippen molar-refractivity contribution < 1.29 is 24.0 Å². The van der Waals surface area contributed by atoms with Gasteiger partial charge >= 0.3 is 18.0 Å². The third-order valence-electron chi connectivity index (χ3n) is 5.84. The third-order valence-corrected chi connectivity index (χ3v) is 6.58. The molecule has 0 radical (unpaired) electrons. The third kappa shape index (κ3) is 5.93. The van der Waals surface area contributed by atoms with Crippen molar-refractivity contribution in [1.29, 1.82) is 0 Å². The van der Waals surface area contributed by atoms with Gasteiger partial charge in [0, 0.05) is 44.2 Å². The highest BCUT2D eigenvalue weighted by Crippen LogP contribution is 2.29. The van der Waals surface area contributed by atoms with Crippen molar-refractivity contribution in [1.82, 2.24) is 19.8 Å². The fraction of sp³-hybridized carbons (Fsp3) is 0.333. The molecule has 0 bridgehead atoms. The topological polar surface area (TPSA) is 92.3 Å². The van der Waals surface area contributed by atoms with Crippen LogP contribution in [0.1, 0.15) is 24.5 Å². The average molecular weight is 519 g/mol. The first kappa shape index (κ1) is 25.0. The lowest BCUT2D eigenvalue weighted by Crippen LogP contribution is -2.53. The van der Waals surface area contributed by atoms with Crippen molar-refractivity contribution in [2.75, 3.05) is 13.1 Å². The van der Waals surface area contributed by atoms with Gasteiger partial charge in [0.1, 0.15) is 0 Å². The van der Waals surface area contributed by atoms with E-state index in [0.29, 0.717) is 41.7 Å². The van der Waals surface area contributed by atoms with E-state index in [-0.39, 0.29) is 6.54 Å². The zero-order chi connectivity index (χ0) is 24.9. The molecule has 1 saturated heterocycles. The summed E-state index contributed by atoms with van der Waals surface area (Å²) in [5.41, 5.74) is 1.61. The summed E-state index contributed by atoms with van der Waals surface area (Å²) in [7, 11) is 0. The molecule has 2 aromatic rings. The maximum atomic E-state index is 13.6. The molecular formula is C24H24Cl2N4O5. The Balaban J connectivity index is 1.64. The summed E-state index contributed by atoms with van der Waals surface area (Å²) < 4.78 is 5.73. The van der Waals surface area contributed by atoms with Gasteiger partial charge in [-0.3, -0.25) is 9.88 Å². The first-order valence-electron chi connectivity index (χ1n) is 11.1. The maximum absolute atomic E-state index is 13.6. The van der Waals surface area contributed by atoms with Crippen LogP contribution in [0, 0.1) is 0 Å². The molecule has 0 saturated carbocycles. The van der Waals surface area contributed by atoms with Crippen LogP contribution < -0.4 is 0 Å². The number of benzene rings is 1. The highest BCUT2D eigenvalue weighted by molar-refractivity contribution is 6.42. The van der Waals surface area contributed by atoms with Gasteiger partial charge in [0.05, 0.1) is 22.6 Å². The first-order chi connectivity index (χ1) is 16.9. The van der Waals surface area contributed by atoms with Gasteiger partial charge in [-0.05, 0) is 48.7 Å². The first-order valence-corrected chi connectivity index (χ1v) is 11.9. The zero-order valence-electron chi connectivity index (χ0n) is 19.0. The number of halogens is 2. The smallest absolute Gasteiger partial charge is 0.356 e. The standard InChI is InChI=1S/C24H24Cl2N4O5/c1-2-29-20-9-12-28(14-16-7-10-27-11-8-16)23(20)34-21(31)5-6-22(32)35-30(24(29)33)15-17-3-4-18(25)19(26)13-17/h3-8,10-11,13,20,23H,2,9,12,14-15H2,1H3/b6-5-. The van der Waals surface area contributed by atoms with Gasteiger partial charge < -0.3 is 14.5 Å². The Morgan fingerprint density at radius 1 is 0.971 bits per heavy atom. The number of rotatable bonds is 5. The Kier molecular flexibility index (Phi) is 7.90. The van der Waals surface area contributed by atoms with Gasteiger partial charge in [-0.1, -0.05) is 29.3 Å². The van der Waals surface area contributed by atoms with Crippen molar-refractivity contribution in [3.05, 3.63) is 76.0 Å². The van der Waals surface area contributed by atoms with E-state index >= 15 is 0 Å². The molecule has 0 N–H and O–H groups in total. The largest absolute Gasteiger partial charge is 0.441 e. The number of urea groups is 1. The number of carbonyl (C=O) groups is 3. The van der Waals surface area contributed by atoms with E-state index in [0.717, 1.165) is 22.8 Å². The Labute approximate surface area is 212 Å². The van der Waals surface area contributed by atoms with E-state index in [4.69, 9.17) is 32.8 Å². The summed E-state index contributed by atoms with van der Waals surface area (Å²) >= 11 is 12.1. The number of esters is 1. The van der Waals surface area contributed by atoms with Crippen molar-refractivity contribution in [3.63, 3.8) is 0 Å². The van der Waals surface area contributed by atoms with Crippen LogP contribution in [0.2, 0.25) is 10.0 Å². The van der Waals surface area contributed by atoms with Crippen LogP contribution in [-0.2, 0) is 32.3 Å². The van der Waals surface area contributed by atoms with Gasteiger partial charge in [0.2, 0.25) is 0 Å². The number of likely N-dealkylation sites (tertiary alicyclic amines) is 1.